The molecule has 10 heteroatoms. The van der Waals surface area contributed by atoms with E-state index in [-0.39, 0.29) is 0 Å². The summed E-state index contributed by atoms with van der Waals surface area (Å²) in [5.74, 6) is -6.04. The summed E-state index contributed by atoms with van der Waals surface area (Å²) < 4.78 is 9.53. The second-order valence-corrected chi connectivity index (χ2v) is 6.70. The smallest absolute Gasteiger partial charge is 0.331 e. The standard InChI is InChI=1S/C16H22N2O8/c1-15(2,11(21)13(17)23)7-25-9(19)5-6-10(20)26-8-16(3,4)12(22)14(18)24/h5-6H,7-8H2,1-4H3,(H2,17,23)(H2,18,24)/b6-5+. The van der Waals surface area contributed by atoms with E-state index in [2.05, 4.69) is 0 Å². The van der Waals surface area contributed by atoms with Crippen LogP contribution in [0.5, 0.6) is 0 Å². The van der Waals surface area contributed by atoms with Crippen molar-refractivity contribution in [3.8, 4) is 0 Å². The molecule has 0 saturated carbocycles. The SMILES string of the molecule is CC(C)(COC(=O)/C=C/C(=O)OCC(C)(C)C(=O)C(N)=O)C(=O)C(N)=O. The zero-order chi connectivity index (χ0) is 20.7. The highest BCUT2D eigenvalue weighted by molar-refractivity contribution is 6.37. The number of hydrogen-bond donors (Lipinski definition) is 2. The van der Waals surface area contributed by atoms with E-state index in [1.54, 1.807) is 0 Å². The van der Waals surface area contributed by atoms with Crippen molar-refractivity contribution in [3.05, 3.63) is 12.2 Å². The van der Waals surface area contributed by atoms with Gasteiger partial charge in [-0.15, -0.1) is 0 Å². The largest absolute Gasteiger partial charge is 0.461 e. The van der Waals surface area contributed by atoms with E-state index < -0.39 is 59.4 Å². The lowest BCUT2D eigenvalue weighted by Gasteiger charge is -2.20. The van der Waals surface area contributed by atoms with Gasteiger partial charge < -0.3 is 20.9 Å². The van der Waals surface area contributed by atoms with Gasteiger partial charge in [0.25, 0.3) is 11.8 Å². The summed E-state index contributed by atoms with van der Waals surface area (Å²) in [6.45, 7) is 4.61. The molecule has 0 heterocycles. The van der Waals surface area contributed by atoms with Gasteiger partial charge in [-0.1, -0.05) is 0 Å². The van der Waals surface area contributed by atoms with Crippen molar-refractivity contribution in [1.29, 1.82) is 0 Å². The lowest BCUT2D eigenvalue weighted by molar-refractivity contribution is -0.150. The summed E-state index contributed by atoms with van der Waals surface area (Å²) in [6.07, 6.45) is 1.49. The molecule has 0 atom stereocenters. The van der Waals surface area contributed by atoms with Crippen LogP contribution in [-0.2, 0) is 38.2 Å². The third kappa shape index (κ3) is 7.24. The van der Waals surface area contributed by atoms with Crippen molar-refractivity contribution >= 4 is 35.3 Å². The fourth-order valence-corrected chi connectivity index (χ4v) is 1.53. The Labute approximate surface area is 149 Å². The topological polar surface area (TPSA) is 173 Å². The lowest BCUT2D eigenvalue weighted by Crippen LogP contribution is -2.39. The molecule has 0 bridgehead atoms. The van der Waals surface area contributed by atoms with Gasteiger partial charge in [-0.25, -0.2) is 9.59 Å². The van der Waals surface area contributed by atoms with Gasteiger partial charge in [0.05, 0.1) is 10.8 Å². The van der Waals surface area contributed by atoms with E-state index in [0.717, 1.165) is 12.2 Å². The summed E-state index contributed by atoms with van der Waals surface area (Å²) in [5, 5.41) is 0. The van der Waals surface area contributed by atoms with Gasteiger partial charge in [0.15, 0.2) is 0 Å². The van der Waals surface area contributed by atoms with Gasteiger partial charge in [0, 0.05) is 12.2 Å². The third-order valence-corrected chi connectivity index (χ3v) is 3.18. The van der Waals surface area contributed by atoms with Crippen LogP contribution in [0.2, 0.25) is 0 Å². The van der Waals surface area contributed by atoms with Crippen LogP contribution in [-0.4, -0.2) is 48.5 Å². The monoisotopic (exact) mass is 370 g/mol. The number of rotatable bonds is 10. The molecule has 26 heavy (non-hydrogen) atoms. The molecular formula is C16H22N2O8. The number of ether oxygens (including phenoxy) is 2. The van der Waals surface area contributed by atoms with E-state index >= 15 is 0 Å². The zero-order valence-electron chi connectivity index (χ0n) is 15.0. The summed E-state index contributed by atoms with van der Waals surface area (Å²) in [4.78, 5) is 67.8. The highest BCUT2D eigenvalue weighted by Crippen LogP contribution is 2.18. The molecule has 4 N–H and O–H groups in total. The first-order valence-corrected chi connectivity index (χ1v) is 7.41. The van der Waals surface area contributed by atoms with Crippen molar-refractivity contribution in [2.45, 2.75) is 27.7 Å². The van der Waals surface area contributed by atoms with Gasteiger partial charge in [-0.3, -0.25) is 19.2 Å². The highest BCUT2D eigenvalue weighted by Gasteiger charge is 2.34. The van der Waals surface area contributed by atoms with E-state index in [4.69, 9.17) is 20.9 Å². The minimum Gasteiger partial charge on any atom is -0.461 e. The number of esters is 2. The summed E-state index contributed by atoms with van der Waals surface area (Å²) in [6, 6.07) is 0. The van der Waals surface area contributed by atoms with E-state index in [9.17, 15) is 28.8 Å². The van der Waals surface area contributed by atoms with Crippen molar-refractivity contribution < 1.29 is 38.2 Å². The van der Waals surface area contributed by atoms with Gasteiger partial charge in [-0.2, -0.15) is 0 Å². The Morgan fingerprint density at radius 2 is 0.962 bits per heavy atom. The maximum absolute atomic E-state index is 11.5. The van der Waals surface area contributed by atoms with E-state index in [1.807, 2.05) is 0 Å². The molecule has 0 rings (SSSR count). The number of hydrogen-bond acceptors (Lipinski definition) is 8. The predicted octanol–water partition coefficient (Wildman–Crippen LogP) is -1.21. The van der Waals surface area contributed by atoms with Crippen LogP contribution in [0, 0.1) is 10.8 Å². The molecule has 10 nitrogen and oxygen atoms in total. The molecule has 0 aromatic carbocycles. The molecule has 0 aliphatic rings. The number of ketones is 2. The number of carbonyl (C=O) groups excluding carboxylic acids is 6. The van der Waals surface area contributed by atoms with Crippen molar-refractivity contribution in [3.63, 3.8) is 0 Å². The number of nitrogens with two attached hydrogens (primary N) is 2. The van der Waals surface area contributed by atoms with E-state index in [1.165, 1.54) is 27.7 Å². The van der Waals surface area contributed by atoms with Crippen molar-refractivity contribution in [1.82, 2.24) is 0 Å². The Kier molecular flexibility index (Phi) is 7.84. The second-order valence-electron chi connectivity index (χ2n) is 6.70. The van der Waals surface area contributed by atoms with Crippen LogP contribution in [0.25, 0.3) is 0 Å². The molecule has 2 amide bonds. The summed E-state index contributed by atoms with van der Waals surface area (Å²) in [5.41, 5.74) is 7.14. The first-order valence-electron chi connectivity index (χ1n) is 7.41. The molecule has 0 saturated heterocycles. The lowest BCUT2D eigenvalue weighted by atomic mass is 9.89. The third-order valence-electron chi connectivity index (χ3n) is 3.18. The van der Waals surface area contributed by atoms with Crippen LogP contribution in [0.1, 0.15) is 27.7 Å². The Hall–Kier alpha value is -3.04. The molecule has 144 valence electrons. The van der Waals surface area contributed by atoms with Crippen LogP contribution >= 0.6 is 0 Å². The predicted molar refractivity (Wildman–Crippen MR) is 87.0 cm³/mol. The minimum atomic E-state index is -1.31. The maximum Gasteiger partial charge on any atom is 0.331 e. The molecule has 0 aromatic heterocycles. The second kappa shape index (κ2) is 8.88. The number of Topliss-reactive ketones (excluding diaryl/α,β-unsaturated/α-hetero) is 2. The number of carbonyl (C=O) groups is 6. The highest BCUT2D eigenvalue weighted by atomic mass is 16.5. The zero-order valence-corrected chi connectivity index (χ0v) is 15.0. The van der Waals surface area contributed by atoms with Crippen LogP contribution < -0.4 is 11.5 Å². The molecule has 0 aliphatic carbocycles. The quantitative estimate of drug-likeness (QED) is 0.274. The first-order chi connectivity index (χ1) is 11.7. The Bertz CT molecular complexity index is 605. The first kappa shape index (κ1) is 23.0. The van der Waals surface area contributed by atoms with Gasteiger partial charge in [0.2, 0.25) is 11.6 Å². The molecule has 0 aliphatic heterocycles. The average Bonchev–Trinajstić information content (AvgIpc) is 2.54. The molecule has 0 aromatic rings. The summed E-state index contributed by atoms with van der Waals surface area (Å²) in [7, 11) is 0. The maximum atomic E-state index is 11.5. The number of amides is 2. The van der Waals surface area contributed by atoms with Crippen molar-refractivity contribution in [2.24, 2.45) is 22.3 Å². The fraction of sp³-hybridized carbons (Fsp3) is 0.500. The molecule has 0 spiro atoms. The Morgan fingerprint density at radius 3 is 1.19 bits per heavy atom. The Morgan fingerprint density at radius 1 is 0.692 bits per heavy atom. The molecule has 0 radical (unpaired) electrons. The average molecular weight is 370 g/mol. The normalized spacial score (nSPS) is 11.7. The number of primary amides is 2. The van der Waals surface area contributed by atoms with Crippen LogP contribution in [0.3, 0.4) is 0 Å². The van der Waals surface area contributed by atoms with Crippen LogP contribution in [0.15, 0.2) is 12.2 Å². The van der Waals surface area contributed by atoms with Crippen molar-refractivity contribution in [2.75, 3.05) is 13.2 Å². The van der Waals surface area contributed by atoms with E-state index in [0.29, 0.717) is 0 Å². The van der Waals surface area contributed by atoms with Gasteiger partial charge >= 0.3 is 11.9 Å². The van der Waals surface area contributed by atoms with Gasteiger partial charge in [0.1, 0.15) is 13.2 Å². The van der Waals surface area contributed by atoms with Crippen LogP contribution in [0.4, 0.5) is 0 Å². The van der Waals surface area contributed by atoms with Gasteiger partial charge in [-0.05, 0) is 27.7 Å². The fourth-order valence-electron chi connectivity index (χ4n) is 1.53. The molecule has 0 unspecified atom stereocenters. The Balaban J connectivity index is 4.55. The molecule has 0 fully saturated rings. The minimum absolute atomic E-state index is 0.423. The molecular weight excluding hydrogens is 348 g/mol. The summed E-state index contributed by atoms with van der Waals surface area (Å²) >= 11 is 0.